The molecule has 0 aliphatic rings. The van der Waals surface area contributed by atoms with Gasteiger partial charge in [0.25, 0.3) is 0 Å². The van der Waals surface area contributed by atoms with Crippen LogP contribution in [0.25, 0.3) is 0 Å². The fourth-order valence-electron chi connectivity index (χ4n) is 0.954. The number of rotatable bonds is 0. The van der Waals surface area contributed by atoms with E-state index < -0.39 is 0 Å². The van der Waals surface area contributed by atoms with Crippen LogP contribution in [-0.4, -0.2) is 10.2 Å². The third kappa shape index (κ3) is 4.80. The summed E-state index contributed by atoms with van der Waals surface area (Å²) in [6.07, 6.45) is 0. The van der Waals surface area contributed by atoms with Crippen molar-refractivity contribution < 1.29 is 9.94 Å². The zero-order valence-corrected chi connectivity index (χ0v) is 10.4. The highest BCUT2D eigenvalue weighted by Crippen LogP contribution is 1.93. The second kappa shape index (κ2) is 8.48. The maximum absolute atomic E-state index is 9.18. The van der Waals surface area contributed by atoms with Gasteiger partial charge in [0.05, 0.1) is 0 Å². The van der Waals surface area contributed by atoms with Crippen LogP contribution in [0.4, 0.5) is 0 Å². The van der Waals surface area contributed by atoms with Crippen LogP contribution in [0.2, 0.25) is 0 Å². The zero-order valence-electron chi connectivity index (χ0n) is 10.4. The molecule has 0 bridgehead atoms. The molecule has 1 rings (SSSR count). The highest BCUT2D eigenvalue weighted by molar-refractivity contribution is 5.01. The first-order valence-electron chi connectivity index (χ1n) is 5.17. The molecular formula is C11H23N2O+. The van der Waals surface area contributed by atoms with E-state index in [1.54, 1.807) is 6.92 Å². The Morgan fingerprint density at radius 3 is 1.86 bits per heavy atom. The average Bonchev–Trinajstić information content (AvgIpc) is 2.20. The van der Waals surface area contributed by atoms with E-state index in [1.807, 2.05) is 47.6 Å². The maximum atomic E-state index is 9.18. The summed E-state index contributed by atoms with van der Waals surface area (Å²) in [6, 6.07) is 1.83. The van der Waals surface area contributed by atoms with Gasteiger partial charge >= 0.3 is 5.82 Å². The molecule has 3 nitrogen and oxygen atoms in total. The minimum atomic E-state index is 0.623. The van der Waals surface area contributed by atoms with Crippen molar-refractivity contribution in [2.75, 3.05) is 0 Å². The molecule has 0 aliphatic carbocycles. The van der Waals surface area contributed by atoms with Gasteiger partial charge in [0.2, 0.25) is 0 Å². The van der Waals surface area contributed by atoms with Crippen LogP contribution >= 0.6 is 0 Å². The molecule has 0 spiro atoms. The van der Waals surface area contributed by atoms with Crippen molar-refractivity contribution in [1.82, 2.24) is 4.98 Å². The van der Waals surface area contributed by atoms with Gasteiger partial charge in [-0.25, -0.2) is 0 Å². The molecule has 0 aliphatic heterocycles. The minimum Gasteiger partial charge on any atom is -0.350 e. The Labute approximate surface area is 87.4 Å². The summed E-state index contributed by atoms with van der Waals surface area (Å²) >= 11 is 0. The Bertz CT molecular complexity index is 236. The summed E-state index contributed by atoms with van der Waals surface area (Å²) in [5.74, 6) is 0.623. The first-order valence-corrected chi connectivity index (χ1v) is 5.17. The lowest BCUT2D eigenvalue weighted by Crippen LogP contribution is -2.38. The van der Waals surface area contributed by atoms with Crippen molar-refractivity contribution in [3.8, 4) is 0 Å². The van der Waals surface area contributed by atoms with Crippen molar-refractivity contribution in [2.24, 2.45) is 0 Å². The normalized spacial score (nSPS) is 7.93. The average molecular weight is 199 g/mol. The molecule has 0 saturated carbocycles. The first kappa shape index (κ1) is 15.4. The van der Waals surface area contributed by atoms with Gasteiger partial charge in [-0.1, -0.05) is 27.7 Å². The SMILES string of the molecule is CC.CC.Cc1cc(C)[n+](O)c(C)n1. The Balaban J connectivity index is 0. The second-order valence-electron chi connectivity index (χ2n) is 2.40. The van der Waals surface area contributed by atoms with Crippen molar-refractivity contribution in [1.29, 1.82) is 0 Å². The Morgan fingerprint density at radius 2 is 1.50 bits per heavy atom. The molecule has 0 aromatic carbocycles. The zero-order chi connectivity index (χ0) is 11.7. The maximum Gasteiger partial charge on any atom is 0.334 e. The van der Waals surface area contributed by atoms with Crippen LogP contribution in [0.15, 0.2) is 6.07 Å². The highest BCUT2D eigenvalue weighted by atomic mass is 16.5. The molecule has 1 aromatic rings. The Hall–Kier alpha value is -1.12. The monoisotopic (exact) mass is 199 g/mol. The lowest BCUT2D eigenvalue weighted by molar-refractivity contribution is -0.914. The van der Waals surface area contributed by atoms with E-state index in [-0.39, 0.29) is 0 Å². The van der Waals surface area contributed by atoms with Gasteiger partial charge in [-0.3, -0.25) is 0 Å². The summed E-state index contributed by atoms with van der Waals surface area (Å²) in [5, 5.41) is 9.18. The molecule has 3 heteroatoms. The van der Waals surface area contributed by atoms with Gasteiger partial charge in [0, 0.05) is 26.8 Å². The molecule has 1 heterocycles. The molecule has 82 valence electrons. The molecule has 0 unspecified atom stereocenters. The van der Waals surface area contributed by atoms with Crippen LogP contribution in [0, 0.1) is 20.8 Å². The third-order valence-corrected chi connectivity index (χ3v) is 1.40. The number of aromatic nitrogens is 2. The van der Waals surface area contributed by atoms with Crippen LogP contribution in [0.5, 0.6) is 0 Å². The van der Waals surface area contributed by atoms with Gasteiger partial charge in [-0.05, 0) is 9.71 Å². The molecule has 0 atom stereocenters. The van der Waals surface area contributed by atoms with E-state index in [2.05, 4.69) is 4.98 Å². The molecule has 0 saturated heterocycles. The molecular weight excluding hydrogens is 176 g/mol. The van der Waals surface area contributed by atoms with E-state index in [1.165, 1.54) is 0 Å². The number of hydrogen-bond donors (Lipinski definition) is 1. The topological polar surface area (TPSA) is 37.0 Å². The van der Waals surface area contributed by atoms with E-state index in [0.29, 0.717) is 5.82 Å². The molecule has 1 N–H and O–H groups in total. The van der Waals surface area contributed by atoms with Crippen molar-refractivity contribution in [3.05, 3.63) is 23.3 Å². The van der Waals surface area contributed by atoms with Crippen molar-refractivity contribution in [3.63, 3.8) is 0 Å². The summed E-state index contributed by atoms with van der Waals surface area (Å²) in [4.78, 5) is 4.05. The van der Waals surface area contributed by atoms with Crippen molar-refractivity contribution >= 4 is 0 Å². The van der Waals surface area contributed by atoms with E-state index >= 15 is 0 Å². The second-order valence-corrected chi connectivity index (χ2v) is 2.40. The third-order valence-electron chi connectivity index (χ3n) is 1.40. The number of aryl methyl sites for hydroxylation is 3. The summed E-state index contributed by atoms with van der Waals surface area (Å²) in [7, 11) is 0. The minimum absolute atomic E-state index is 0.623. The lowest BCUT2D eigenvalue weighted by atomic mass is 10.3. The number of nitrogens with zero attached hydrogens (tertiary/aromatic N) is 2. The van der Waals surface area contributed by atoms with Crippen LogP contribution in [-0.2, 0) is 0 Å². The molecule has 14 heavy (non-hydrogen) atoms. The van der Waals surface area contributed by atoms with Gasteiger partial charge in [-0.2, -0.15) is 0 Å². The first-order chi connectivity index (χ1) is 6.61. The molecule has 0 fully saturated rings. The lowest BCUT2D eigenvalue weighted by Gasteiger charge is -1.94. The van der Waals surface area contributed by atoms with Crippen LogP contribution in [0.1, 0.15) is 44.9 Å². The standard InChI is InChI=1S/C7H11N2O.2C2H6/c1-5-4-6(2)9(10)7(3)8-5;2*1-2/h4,10H,1-3H3;2*1-2H3/q+1;;. The van der Waals surface area contributed by atoms with Crippen LogP contribution < -0.4 is 4.73 Å². The van der Waals surface area contributed by atoms with E-state index in [9.17, 15) is 5.21 Å². The van der Waals surface area contributed by atoms with Gasteiger partial charge < -0.3 is 5.21 Å². The van der Waals surface area contributed by atoms with Gasteiger partial charge in [0.1, 0.15) is 0 Å². The smallest absolute Gasteiger partial charge is 0.334 e. The Morgan fingerprint density at radius 1 is 1.07 bits per heavy atom. The largest absolute Gasteiger partial charge is 0.350 e. The van der Waals surface area contributed by atoms with Gasteiger partial charge in [-0.15, -0.1) is 0 Å². The molecule has 0 amide bonds. The molecule has 1 aromatic heterocycles. The summed E-state index contributed by atoms with van der Waals surface area (Å²) in [6.45, 7) is 13.5. The van der Waals surface area contributed by atoms with Crippen molar-refractivity contribution in [2.45, 2.75) is 48.5 Å². The predicted octanol–water partition coefficient (Wildman–Crippen LogP) is 2.58. The fourth-order valence-corrected chi connectivity index (χ4v) is 0.954. The van der Waals surface area contributed by atoms with Crippen LogP contribution in [0.3, 0.4) is 0 Å². The van der Waals surface area contributed by atoms with E-state index in [0.717, 1.165) is 16.1 Å². The Kier molecular flexibility index (Phi) is 9.30. The predicted molar refractivity (Wildman–Crippen MR) is 58.5 cm³/mol. The molecule has 0 radical (unpaired) electrons. The quantitative estimate of drug-likeness (QED) is 0.515. The fraction of sp³-hybridized carbons (Fsp3) is 0.636. The summed E-state index contributed by atoms with van der Waals surface area (Å²) < 4.78 is 1.08. The highest BCUT2D eigenvalue weighted by Gasteiger charge is 2.09. The summed E-state index contributed by atoms with van der Waals surface area (Å²) in [5.41, 5.74) is 1.74. The number of hydrogen-bond acceptors (Lipinski definition) is 2. The van der Waals surface area contributed by atoms with E-state index in [4.69, 9.17) is 0 Å². The van der Waals surface area contributed by atoms with Gasteiger partial charge in [0.15, 0.2) is 11.4 Å².